The second-order valence-electron chi connectivity index (χ2n) is 5.61. The summed E-state index contributed by atoms with van der Waals surface area (Å²) in [6.07, 6.45) is 7.37. The van der Waals surface area contributed by atoms with E-state index >= 15 is 0 Å². The molecule has 1 N–H and O–H groups in total. The third-order valence-electron chi connectivity index (χ3n) is 4.30. The van der Waals surface area contributed by atoms with E-state index in [1.807, 2.05) is 7.05 Å². The number of nitrogens with zero attached hydrogens (tertiary/aromatic N) is 2. The molecule has 0 bridgehead atoms. The molecule has 3 heteroatoms. The van der Waals surface area contributed by atoms with Crippen LogP contribution in [0, 0.1) is 0 Å². The molecule has 1 aromatic rings. The number of guanidine groups is 1. The third kappa shape index (κ3) is 2.87. The molecular formula is C17H23N3. The van der Waals surface area contributed by atoms with E-state index in [1.54, 1.807) is 0 Å². The Morgan fingerprint density at radius 1 is 1.25 bits per heavy atom. The first-order valence-corrected chi connectivity index (χ1v) is 7.59. The normalized spacial score (nSPS) is 20.4. The molecule has 3 rings (SSSR count). The van der Waals surface area contributed by atoms with E-state index in [-0.39, 0.29) is 0 Å². The zero-order valence-electron chi connectivity index (χ0n) is 12.2. The summed E-state index contributed by atoms with van der Waals surface area (Å²) in [6, 6.07) is 11.3. The van der Waals surface area contributed by atoms with E-state index in [9.17, 15) is 0 Å². The zero-order chi connectivity index (χ0) is 13.8. The Balaban J connectivity index is 1.63. The molecule has 0 atom stereocenters. The smallest absolute Gasteiger partial charge is 0.194 e. The van der Waals surface area contributed by atoms with E-state index in [0.29, 0.717) is 6.04 Å². The maximum absolute atomic E-state index is 4.43. The van der Waals surface area contributed by atoms with Crippen LogP contribution in [-0.2, 0) is 0 Å². The number of benzene rings is 1. The fourth-order valence-electron chi connectivity index (χ4n) is 2.81. The van der Waals surface area contributed by atoms with Crippen molar-refractivity contribution in [3.63, 3.8) is 0 Å². The van der Waals surface area contributed by atoms with Crippen LogP contribution in [0.2, 0.25) is 0 Å². The Morgan fingerprint density at radius 3 is 2.60 bits per heavy atom. The molecule has 3 nitrogen and oxygen atoms in total. The summed E-state index contributed by atoms with van der Waals surface area (Å²) in [4.78, 5) is 6.79. The van der Waals surface area contributed by atoms with Gasteiger partial charge in [0.15, 0.2) is 5.96 Å². The number of aliphatic imine (C=N–C) groups is 1. The van der Waals surface area contributed by atoms with Crippen molar-refractivity contribution in [2.45, 2.75) is 31.7 Å². The molecule has 20 heavy (non-hydrogen) atoms. The van der Waals surface area contributed by atoms with Crippen LogP contribution in [0.15, 0.2) is 41.4 Å². The van der Waals surface area contributed by atoms with Crippen LogP contribution < -0.4 is 5.32 Å². The zero-order valence-corrected chi connectivity index (χ0v) is 12.2. The highest BCUT2D eigenvalue weighted by Gasteiger charge is 2.22. The number of nitrogens with one attached hydrogen (secondary N) is 1. The van der Waals surface area contributed by atoms with Crippen molar-refractivity contribution in [3.05, 3.63) is 42.0 Å². The van der Waals surface area contributed by atoms with Gasteiger partial charge in [-0.1, -0.05) is 36.4 Å². The van der Waals surface area contributed by atoms with Crippen molar-refractivity contribution in [3.8, 4) is 0 Å². The fraction of sp³-hybridized carbons (Fsp3) is 0.471. The van der Waals surface area contributed by atoms with Gasteiger partial charge < -0.3 is 10.2 Å². The first-order chi connectivity index (χ1) is 9.86. The maximum atomic E-state index is 4.43. The Labute approximate surface area is 121 Å². The van der Waals surface area contributed by atoms with Crippen LogP contribution in [0.5, 0.6) is 0 Å². The highest BCUT2D eigenvalue weighted by Crippen LogP contribution is 2.23. The highest BCUT2D eigenvalue weighted by molar-refractivity contribution is 5.81. The molecule has 106 valence electrons. The molecule has 1 fully saturated rings. The summed E-state index contributed by atoms with van der Waals surface area (Å²) in [5, 5.41) is 3.57. The molecule has 0 unspecified atom stereocenters. The summed E-state index contributed by atoms with van der Waals surface area (Å²) in [5.41, 5.74) is 2.81. The number of hydrogen-bond acceptors (Lipinski definition) is 1. The van der Waals surface area contributed by atoms with Gasteiger partial charge in [0.05, 0.1) is 0 Å². The SMILES string of the molecule is CN=C(NC1CCC1)N1CC=C(c2ccccc2)CC1. The molecule has 1 aliphatic carbocycles. The molecule has 0 saturated heterocycles. The van der Waals surface area contributed by atoms with Crippen LogP contribution in [-0.4, -0.2) is 37.0 Å². The lowest BCUT2D eigenvalue weighted by molar-refractivity contribution is 0.353. The molecule has 1 aliphatic heterocycles. The van der Waals surface area contributed by atoms with Crippen LogP contribution >= 0.6 is 0 Å². The molecular weight excluding hydrogens is 246 g/mol. The van der Waals surface area contributed by atoms with E-state index in [0.717, 1.165) is 25.5 Å². The monoisotopic (exact) mass is 269 g/mol. The summed E-state index contributed by atoms with van der Waals surface area (Å²) < 4.78 is 0. The molecule has 1 heterocycles. The average molecular weight is 269 g/mol. The number of rotatable bonds is 2. The Bertz CT molecular complexity index is 500. The van der Waals surface area contributed by atoms with Gasteiger partial charge >= 0.3 is 0 Å². The van der Waals surface area contributed by atoms with Crippen LogP contribution in [0.3, 0.4) is 0 Å². The summed E-state index contributed by atoms with van der Waals surface area (Å²) in [5.74, 6) is 1.07. The van der Waals surface area contributed by atoms with Gasteiger partial charge in [0.2, 0.25) is 0 Å². The molecule has 0 aromatic heterocycles. The lowest BCUT2D eigenvalue weighted by atomic mass is 9.93. The standard InChI is InChI=1S/C17H23N3/c1-18-17(19-16-8-5-9-16)20-12-10-15(11-13-20)14-6-3-2-4-7-14/h2-4,6-7,10,16H,5,8-9,11-13H2,1H3,(H,18,19). The predicted molar refractivity (Wildman–Crippen MR) is 84.7 cm³/mol. The van der Waals surface area contributed by atoms with Crippen molar-refractivity contribution in [1.82, 2.24) is 10.2 Å². The minimum Gasteiger partial charge on any atom is -0.354 e. The highest BCUT2D eigenvalue weighted by atomic mass is 15.3. The van der Waals surface area contributed by atoms with Crippen LogP contribution in [0.25, 0.3) is 5.57 Å². The maximum Gasteiger partial charge on any atom is 0.194 e. The molecule has 1 aromatic carbocycles. The average Bonchev–Trinajstić information content (AvgIpc) is 2.48. The summed E-state index contributed by atoms with van der Waals surface area (Å²) in [6.45, 7) is 2.00. The topological polar surface area (TPSA) is 27.6 Å². The lowest BCUT2D eigenvalue weighted by Gasteiger charge is -2.34. The van der Waals surface area contributed by atoms with Crippen LogP contribution in [0.4, 0.5) is 0 Å². The quantitative estimate of drug-likeness (QED) is 0.660. The van der Waals surface area contributed by atoms with E-state index in [1.165, 1.54) is 30.4 Å². The third-order valence-corrected chi connectivity index (χ3v) is 4.30. The van der Waals surface area contributed by atoms with Crippen molar-refractivity contribution in [1.29, 1.82) is 0 Å². The van der Waals surface area contributed by atoms with Crippen molar-refractivity contribution in [2.24, 2.45) is 4.99 Å². The molecule has 0 radical (unpaired) electrons. The van der Waals surface area contributed by atoms with Crippen molar-refractivity contribution >= 4 is 11.5 Å². The van der Waals surface area contributed by atoms with E-state index in [4.69, 9.17) is 0 Å². The second-order valence-corrected chi connectivity index (χ2v) is 5.61. The first kappa shape index (κ1) is 13.2. The van der Waals surface area contributed by atoms with Gasteiger partial charge in [-0.15, -0.1) is 0 Å². The van der Waals surface area contributed by atoms with Crippen molar-refractivity contribution < 1.29 is 0 Å². The van der Waals surface area contributed by atoms with Gasteiger partial charge in [0.1, 0.15) is 0 Å². The van der Waals surface area contributed by atoms with E-state index in [2.05, 4.69) is 51.6 Å². The minimum absolute atomic E-state index is 0.646. The van der Waals surface area contributed by atoms with Gasteiger partial charge in [0, 0.05) is 26.2 Å². The first-order valence-electron chi connectivity index (χ1n) is 7.59. The molecule has 1 saturated carbocycles. The minimum atomic E-state index is 0.646. The fourth-order valence-corrected chi connectivity index (χ4v) is 2.81. The van der Waals surface area contributed by atoms with Crippen molar-refractivity contribution in [2.75, 3.05) is 20.1 Å². The number of hydrogen-bond donors (Lipinski definition) is 1. The summed E-state index contributed by atoms with van der Waals surface area (Å²) >= 11 is 0. The van der Waals surface area contributed by atoms with Gasteiger partial charge in [-0.3, -0.25) is 4.99 Å². The van der Waals surface area contributed by atoms with Crippen LogP contribution in [0.1, 0.15) is 31.2 Å². The van der Waals surface area contributed by atoms with Gasteiger partial charge in [-0.05, 0) is 36.8 Å². The summed E-state index contributed by atoms with van der Waals surface area (Å²) in [7, 11) is 1.89. The molecule has 2 aliphatic rings. The Hall–Kier alpha value is -1.77. The largest absolute Gasteiger partial charge is 0.354 e. The molecule has 0 spiro atoms. The van der Waals surface area contributed by atoms with Gasteiger partial charge in [-0.25, -0.2) is 0 Å². The Kier molecular flexibility index (Phi) is 4.05. The van der Waals surface area contributed by atoms with Gasteiger partial charge in [0.25, 0.3) is 0 Å². The lowest BCUT2D eigenvalue weighted by Crippen LogP contribution is -2.49. The second kappa shape index (κ2) is 6.12. The molecule has 0 amide bonds. The predicted octanol–water partition coefficient (Wildman–Crippen LogP) is 2.90. The van der Waals surface area contributed by atoms with Gasteiger partial charge in [-0.2, -0.15) is 0 Å². The Morgan fingerprint density at radius 2 is 2.05 bits per heavy atom. The van der Waals surface area contributed by atoms with E-state index < -0.39 is 0 Å².